The van der Waals surface area contributed by atoms with Crippen LogP contribution in [0.1, 0.15) is 76.2 Å². The van der Waals surface area contributed by atoms with E-state index in [1.54, 1.807) is 0 Å². The lowest BCUT2D eigenvalue weighted by atomic mass is 9.85. The number of nitrogens with zero attached hydrogens (tertiary/aromatic N) is 1. The molecule has 156 valence electrons. The summed E-state index contributed by atoms with van der Waals surface area (Å²) in [6.07, 6.45) is 10.1. The lowest BCUT2D eigenvalue weighted by Gasteiger charge is -2.21. The van der Waals surface area contributed by atoms with E-state index in [1.807, 2.05) is 18.2 Å². The van der Waals surface area contributed by atoms with Gasteiger partial charge in [-0.25, -0.2) is 0 Å². The quantitative estimate of drug-likeness (QED) is 0.250. The topological polar surface area (TPSA) is 90.1 Å². The first-order valence-electron chi connectivity index (χ1n) is 10.7. The van der Waals surface area contributed by atoms with E-state index in [-0.39, 0.29) is 18.4 Å². The highest BCUT2D eigenvalue weighted by Gasteiger charge is 2.32. The first-order chi connectivity index (χ1) is 13.6. The largest absolute Gasteiger partial charge is 0.481 e. The Bertz CT molecular complexity index is 602. The first kappa shape index (κ1) is 22.4. The minimum atomic E-state index is -0.717. The number of hydrogen-bond donors (Lipinski definition) is 3. The van der Waals surface area contributed by atoms with Crippen LogP contribution in [0.25, 0.3) is 0 Å². The van der Waals surface area contributed by atoms with Crippen molar-refractivity contribution in [3.8, 4) is 0 Å². The molecule has 0 amide bonds. The van der Waals surface area contributed by atoms with E-state index in [0.29, 0.717) is 5.92 Å². The summed E-state index contributed by atoms with van der Waals surface area (Å²) in [7, 11) is 0. The van der Waals surface area contributed by atoms with E-state index in [1.165, 1.54) is 5.56 Å². The molecule has 0 aromatic heterocycles. The number of carbonyl (C=O) groups is 1. The molecule has 5 heteroatoms. The maximum Gasteiger partial charge on any atom is 0.303 e. The summed E-state index contributed by atoms with van der Waals surface area (Å²) < 4.78 is 0. The number of aliphatic hydroxyl groups is 1. The van der Waals surface area contributed by atoms with Gasteiger partial charge in [-0.05, 0) is 62.8 Å². The van der Waals surface area contributed by atoms with E-state index in [2.05, 4.69) is 17.3 Å². The van der Waals surface area contributed by atoms with Gasteiger partial charge >= 0.3 is 5.97 Å². The molecule has 1 aromatic rings. The molecule has 1 fully saturated rings. The third-order valence-corrected chi connectivity index (χ3v) is 6.03. The van der Waals surface area contributed by atoms with Gasteiger partial charge in [0.15, 0.2) is 0 Å². The van der Waals surface area contributed by atoms with Crippen LogP contribution >= 0.6 is 0 Å². The van der Waals surface area contributed by atoms with Gasteiger partial charge in [-0.1, -0.05) is 54.8 Å². The van der Waals surface area contributed by atoms with Gasteiger partial charge in [0.05, 0.1) is 11.8 Å². The fraction of sp³-hybridized carbons (Fsp3) is 0.652. The molecule has 1 unspecified atom stereocenters. The monoisotopic (exact) mass is 389 g/mol. The van der Waals surface area contributed by atoms with E-state index < -0.39 is 5.97 Å². The number of aryl methyl sites for hydroxylation is 1. The van der Waals surface area contributed by atoms with Gasteiger partial charge in [0.25, 0.3) is 0 Å². The van der Waals surface area contributed by atoms with Gasteiger partial charge in [-0.3, -0.25) is 4.79 Å². The molecule has 0 spiro atoms. The number of aliphatic carboxylic acids is 1. The molecule has 28 heavy (non-hydrogen) atoms. The Balaban J connectivity index is 1.69. The molecule has 1 aromatic carbocycles. The molecule has 0 radical (unpaired) electrons. The van der Waals surface area contributed by atoms with E-state index in [9.17, 15) is 15.1 Å². The van der Waals surface area contributed by atoms with Gasteiger partial charge in [0.1, 0.15) is 0 Å². The standard InChI is InChI=1S/C23H35NO4/c25-20(14-12-18-8-4-3-5-9-18)15-16-21-19(13-17-22(21)24-28)10-6-1-2-7-11-23(26)27/h3-5,8-9,19-21,25,28H,1-2,6-7,10-17H2,(H,26,27)/b24-22-/t19-,20-,21?/m0/s1. The third kappa shape index (κ3) is 8.01. The number of benzene rings is 1. The summed E-state index contributed by atoms with van der Waals surface area (Å²) in [5, 5.41) is 31.9. The highest BCUT2D eigenvalue weighted by molar-refractivity contribution is 5.88. The SMILES string of the molecule is O=C(O)CCCCCC[C@H]1CC/C(=N/O)C1CC[C@@H](O)CCc1ccccc1. The second-order valence-electron chi connectivity index (χ2n) is 8.10. The van der Waals surface area contributed by atoms with Crippen molar-refractivity contribution in [1.29, 1.82) is 0 Å². The zero-order chi connectivity index (χ0) is 20.2. The molecular weight excluding hydrogens is 354 g/mol. The molecule has 0 heterocycles. The Morgan fingerprint density at radius 2 is 1.82 bits per heavy atom. The predicted molar refractivity (Wildman–Crippen MR) is 111 cm³/mol. The Kier molecular flexibility index (Phi) is 10.0. The molecule has 1 saturated carbocycles. The number of rotatable bonds is 13. The summed E-state index contributed by atoms with van der Waals surface area (Å²) in [6.45, 7) is 0. The van der Waals surface area contributed by atoms with Crippen LogP contribution in [0.3, 0.4) is 0 Å². The van der Waals surface area contributed by atoms with Gasteiger partial charge in [0.2, 0.25) is 0 Å². The van der Waals surface area contributed by atoms with Crippen molar-refractivity contribution in [2.24, 2.45) is 17.0 Å². The smallest absolute Gasteiger partial charge is 0.303 e. The van der Waals surface area contributed by atoms with Crippen molar-refractivity contribution in [2.75, 3.05) is 0 Å². The van der Waals surface area contributed by atoms with E-state index in [4.69, 9.17) is 5.11 Å². The van der Waals surface area contributed by atoms with Crippen LogP contribution in [0, 0.1) is 11.8 Å². The molecular formula is C23H35NO4. The molecule has 1 aliphatic rings. The van der Waals surface area contributed by atoms with Crippen molar-refractivity contribution in [1.82, 2.24) is 0 Å². The maximum absolute atomic E-state index is 10.6. The fourth-order valence-corrected chi connectivity index (χ4v) is 4.39. The number of aliphatic hydroxyl groups excluding tert-OH is 1. The number of unbranched alkanes of at least 4 members (excludes halogenated alkanes) is 3. The van der Waals surface area contributed by atoms with Crippen molar-refractivity contribution >= 4 is 11.7 Å². The number of carboxylic acids is 1. The minimum Gasteiger partial charge on any atom is -0.481 e. The van der Waals surface area contributed by atoms with E-state index in [0.717, 1.165) is 76.3 Å². The van der Waals surface area contributed by atoms with Crippen molar-refractivity contribution in [3.63, 3.8) is 0 Å². The first-order valence-corrected chi connectivity index (χ1v) is 10.7. The Morgan fingerprint density at radius 1 is 1.07 bits per heavy atom. The summed E-state index contributed by atoms with van der Waals surface area (Å²) in [5.74, 6) is 0.0765. The van der Waals surface area contributed by atoms with Crippen LogP contribution in [-0.4, -0.2) is 33.2 Å². The zero-order valence-electron chi connectivity index (χ0n) is 16.8. The van der Waals surface area contributed by atoms with Crippen molar-refractivity contribution < 1.29 is 20.2 Å². The summed E-state index contributed by atoms with van der Waals surface area (Å²) in [6, 6.07) is 10.2. The molecule has 5 nitrogen and oxygen atoms in total. The normalized spacial score (nSPS) is 21.8. The number of oxime groups is 1. The maximum atomic E-state index is 10.6. The van der Waals surface area contributed by atoms with Crippen LogP contribution in [0.15, 0.2) is 35.5 Å². The molecule has 3 atom stereocenters. The average molecular weight is 390 g/mol. The molecule has 2 rings (SSSR count). The van der Waals surface area contributed by atoms with Crippen LogP contribution in [0.2, 0.25) is 0 Å². The average Bonchev–Trinajstić information content (AvgIpc) is 3.09. The van der Waals surface area contributed by atoms with Gasteiger partial charge in [0, 0.05) is 12.3 Å². The van der Waals surface area contributed by atoms with Crippen LogP contribution in [0.5, 0.6) is 0 Å². The Morgan fingerprint density at radius 3 is 2.54 bits per heavy atom. The second-order valence-corrected chi connectivity index (χ2v) is 8.10. The molecule has 3 N–H and O–H groups in total. The molecule has 1 aliphatic carbocycles. The summed E-state index contributed by atoms with van der Waals surface area (Å²) >= 11 is 0. The second kappa shape index (κ2) is 12.6. The van der Waals surface area contributed by atoms with E-state index >= 15 is 0 Å². The molecule has 0 saturated heterocycles. The minimum absolute atomic E-state index is 0.258. The zero-order valence-corrected chi connectivity index (χ0v) is 16.8. The third-order valence-electron chi connectivity index (χ3n) is 6.03. The van der Waals surface area contributed by atoms with Crippen molar-refractivity contribution in [3.05, 3.63) is 35.9 Å². The number of hydrogen-bond acceptors (Lipinski definition) is 4. The van der Waals surface area contributed by atoms with Gasteiger partial charge in [-0.2, -0.15) is 0 Å². The van der Waals surface area contributed by atoms with Gasteiger partial charge in [-0.15, -0.1) is 0 Å². The Labute approximate surface area is 168 Å². The van der Waals surface area contributed by atoms with Crippen LogP contribution in [0.4, 0.5) is 0 Å². The van der Waals surface area contributed by atoms with Crippen molar-refractivity contribution in [2.45, 2.75) is 83.2 Å². The number of carboxylic acid groups (broad SMARTS) is 1. The highest BCUT2D eigenvalue weighted by Crippen LogP contribution is 2.37. The van der Waals surface area contributed by atoms with Crippen LogP contribution in [-0.2, 0) is 11.2 Å². The predicted octanol–water partition coefficient (Wildman–Crippen LogP) is 5.04. The lowest BCUT2D eigenvalue weighted by Crippen LogP contribution is -2.19. The molecule has 0 bridgehead atoms. The summed E-state index contributed by atoms with van der Waals surface area (Å²) in [4.78, 5) is 10.6. The molecule has 0 aliphatic heterocycles. The highest BCUT2D eigenvalue weighted by atomic mass is 16.4. The Hall–Kier alpha value is -1.88. The lowest BCUT2D eigenvalue weighted by molar-refractivity contribution is -0.137. The fourth-order valence-electron chi connectivity index (χ4n) is 4.39. The summed E-state index contributed by atoms with van der Waals surface area (Å²) in [5.41, 5.74) is 2.15. The van der Waals surface area contributed by atoms with Gasteiger partial charge < -0.3 is 15.4 Å². The van der Waals surface area contributed by atoms with Crippen LogP contribution < -0.4 is 0 Å².